The molecule has 8 bridgehead atoms. The number of nitrogens with one attached hydrogen (secondary N) is 2. The van der Waals surface area contributed by atoms with Crippen molar-refractivity contribution in [3.05, 3.63) is 117 Å². The standard InChI is InChI=1S/C48H60N4O8/c53-43(49-17-5-19-51-21-27-57-28-22-51)15-25-59-47-39-11-3-13-41(47)33-37-9-2-10-38(46(37)56)34-42-14-4-12-40(32-36-8-1-7-35(31-39)45(36)55)48(42)60-26-16-44(54)50-18-6-20-52-23-29-58-30-24-52/h1-4,7-14,55-56H,5-6,15-34H2,(H,49,53)(H,50,54). The van der Waals surface area contributed by atoms with Gasteiger partial charge in [-0.1, -0.05) is 72.8 Å². The Morgan fingerprint density at radius 1 is 0.517 bits per heavy atom. The zero-order valence-electron chi connectivity index (χ0n) is 34.7. The molecule has 4 aromatic carbocycles. The van der Waals surface area contributed by atoms with Crippen molar-refractivity contribution in [2.45, 2.75) is 51.4 Å². The molecule has 60 heavy (non-hydrogen) atoms. The Hall–Kier alpha value is -5.14. The lowest BCUT2D eigenvalue weighted by Gasteiger charge is -2.26. The van der Waals surface area contributed by atoms with Gasteiger partial charge in [0.2, 0.25) is 11.8 Å². The highest BCUT2D eigenvalue weighted by molar-refractivity contribution is 5.76. The molecule has 0 spiro atoms. The number of aromatic hydroxyl groups is 2. The van der Waals surface area contributed by atoms with Gasteiger partial charge in [-0.2, -0.15) is 0 Å². The zero-order chi connectivity index (χ0) is 41.5. The molecule has 4 N–H and O–H groups in total. The van der Waals surface area contributed by atoms with Gasteiger partial charge in [0, 0.05) is 65.0 Å². The van der Waals surface area contributed by atoms with Crippen LogP contribution in [0.3, 0.4) is 0 Å². The second-order valence-corrected chi connectivity index (χ2v) is 15.9. The highest BCUT2D eigenvalue weighted by Gasteiger charge is 2.21. The number of fused-ring (bicyclic) bond motifs is 8. The Morgan fingerprint density at radius 2 is 0.833 bits per heavy atom. The summed E-state index contributed by atoms with van der Waals surface area (Å²) >= 11 is 0. The van der Waals surface area contributed by atoms with Crippen LogP contribution in [0.1, 0.15) is 70.2 Å². The van der Waals surface area contributed by atoms with E-state index in [2.05, 4.69) is 20.4 Å². The van der Waals surface area contributed by atoms with Gasteiger partial charge in [-0.25, -0.2) is 0 Å². The van der Waals surface area contributed by atoms with Crippen molar-refractivity contribution in [3.63, 3.8) is 0 Å². The number of benzene rings is 4. The van der Waals surface area contributed by atoms with E-state index in [1.165, 1.54) is 0 Å². The first-order valence-electron chi connectivity index (χ1n) is 21.6. The molecule has 3 aliphatic rings. The first-order valence-corrected chi connectivity index (χ1v) is 21.6. The maximum atomic E-state index is 12.9. The van der Waals surface area contributed by atoms with Gasteiger partial charge in [0.25, 0.3) is 0 Å². The van der Waals surface area contributed by atoms with Crippen molar-refractivity contribution in [1.82, 2.24) is 20.4 Å². The van der Waals surface area contributed by atoms with E-state index in [-0.39, 0.29) is 49.4 Å². The number of amides is 2. The summed E-state index contributed by atoms with van der Waals surface area (Å²) in [6, 6.07) is 23.5. The number of rotatable bonds is 16. The average molecular weight is 821 g/mol. The lowest BCUT2D eigenvalue weighted by atomic mass is 9.91. The van der Waals surface area contributed by atoms with Gasteiger partial charge < -0.3 is 39.8 Å². The number of hydrogen-bond acceptors (Lipinski definition) is 10. The zero-order valence-corrected chi connectivity index (χ0v) is 34.7. The molecule has 0 unspecified atom stereocenters. The van der Waals surface area contributed by atoms with Crippen LogP contribution < -0.4 is 20.1 Å². The van der Waals surface area contributed by atoms with Crippen LogP contribution in [-0.2, 0) is 44.7 Å². The number of carbonyl (C=O) groups excluding carboxylic acids is 2. The molecular weight excluding hydrogens is 761 g/mol. The molecule has 1 aliphatic carbocycles. The van der Waals surface area contributed by atoms with E-state index < -0.39 is 0 Å². The Kier molecular flexibility index (Phi) is 15.7. The predicted octanol–water partition coefficient (Wildman–Crippen LogP) is 4.99. The highest BCUT2D eigenvalue weighted by atomic mass is 16.5. The van der Waals surface area contributed by atoms with Crippen LogP contribution >= 0.6 is 0 Å². The molecule has 2 fully saturated rings. The third-order valence-electron chi connectivity index (χ3n) is 11.6. The molecule has 2 amide bonds. The number of nitrogens with zero attached hydrogens (tertiary/aromatic N) is 2. The minimum atomic E-state index is -0.0638. The molecule has 2 aliphatic heterocycles. The van der Waals surface area contributed by atoms with Crippen LogP contribution in [0.25, 0.3) is 0 Å². The average Bonchev–Trinajstić information content (AvgIpc) is 3.26. The summed E-state index contributed by atoms with van der Waals surface area (Å²) in [6.07, 6.45) is 3.74. The summed E-state index contributed by atoms with van der Waals surface area (Å²) in [4.78, 5) is 30.4. The van der Waals surface area contributed by atoms with Crippen molar-refractivity contribution >= 4 is 11.8 Å². The largest absolute Gasteiger partial charge is 0.507 e. The van der Waals surface area contributed by atoms with Crippen LogP contribution in [0.15, 0.2) is 72.8 Å². The molecule has 4 aromatic rings. The maximum Gasteiger partial charge on any atom is 0.223 e. The molecule has 12 nitrogen and oxygen atoms in total. The number of morpholine rings is 2. The normalized spacial score (nSPS) is 15.9. The SMILES string of the molecule is O=C(CCOc1c2cccc1Cc1cccc(c1O)Cc1cccc(c1OCCC(=O)NCCCN1CCOCC1)Cc1cccc(c1O)C2)NCCCN1CCOCC1. The van der Waals surface area contributed by atoms with E-state index in [0.717, 1.165) is 123 Å². The molecular formula is C48H60N4O8. The van der Waals surface area contributed by atoms with Gasteiger partial charge in [-0.05, 0) is 70.4 Å². The fourth-order valence-electron chi connectivity index (χ4n) is 8.26. The third-order valence-corrected chi connectivity index (χ3v) is 11.6. The molecule has 2 heterocycles. The van der Waals surface area contributed by atoms with Gasteiger partial charge in [0.1, 0.15) is 23.0 Å². The molecule has 0 radical (unpaired) electrons. The van der Waals surface area contributed by atoms with Crippen molar-refractivity contribution in [2.75, 3.05) is 92.0 Å². The quantitative estimate of drug-likeness (QED) is 0.101. The lowest BCUT2D eigenvalue weighted by molar-refractivity contribution is -0.122. The van der Waals surface area contributed by atoms with Gasteiger partial charge in [0.15, 0.2) is 0 Å². The Balaban J connectivity index is 1.06. The van der Waals surface area contributed by atoms with Gasteiger partial charge >= 0.3 is 0 Å². The van der Waals surface area contributed by atoms with Crippen LogP contribution in [0, 0.1) is 0 Å². The van der Waals surface area contributed by atoms with E-state index >= 15 is 0 Å². The summed E-state index contributed by atoms with van der Waals surface area (Å²) in [6.45, 7) is 10.2. The second kappa shape index (κ2) is 21.9. The minimum absolute atomic E-state index is 0.0638. The van der Waals surface area contributed by atoms with Gasteiger partial charge in [-0.15, -0.1) is 0 Å². The summed E-state index contributed by atoms with van der Waals surface area (Å²) in [5.74, 6) is 1.58. The lowest BCUT2D eigenvalue weighted by Crippen LogP contribution is -2.38. The Morgan fingerprint density at radius 3 is 1.17 bits per heavy atom. The number of phenols is 2. The fraction of sp³-hybridized carbons (Fsp3) is 0.458. The van der Waals surface area contributed by atoms with Crippen molar-refractivity contribution in [1.29, 1.82) is 0 Å². The van der Waals surface area contributed by atoms with Gasteiger partial charge in [0.05, 0.1) is 52.5 Å². The monoisotopic (exact) mass is 820 g/mol. The maximum absolute atomic E-state index is 12.9. The fourth-order valence-corrected chi connectivity index (χ4v) is 8.26. The third kappa shape index (κ3) is 12.0. The first kappa shape index (κ1) is 43.0. The first-order chi connectivity index (χ1) is 29.4. The van der Waals surface area contributed by atoms with Crippen LogP contribution in [0.2, 0.25) is 0 Å². The topological polar surface area (TPSA) is 142 Å². The van der Waals surface area contributed by atoms with Crippen molar-refractivity contribution < 1.29 is 38.7 Å². The second-order valence-electron chi connectivity index (χ2n) is 15.9. The smallest absolute Gasteiger partial charge is 0.223 e. The molecule has 2 saturated heterocycles. The summed E-state index contributed by atoms with van der Waals surface area (Å²) < 4.78 is 23.8. The molecule has 12 heteroatoms. The Labute approximate surface area is 353 Å². The van der Waals surface area contributed by atoms with Crippen molar-refractivity contribution in [2.24, 2.45) is 0 Å². The van der Waals surface area contributed by atoms with Crippen molar-refractivity contribution in [3.8, 4) is 23.0 Å². The minimum Gasteiger partial charge on any atom is -0.507 e. The van der Waals surface area contributed by atoms with E-state index in [1.807, 2.05) is 72.8 Å². The van der Waals surface area contributed by atoms with Crippen LogP contribution in [-0.4, -0.2) is 124 Å². The summed E-state index contributed by atoms with van der Waals surface area (Å²) in [5, 5.41) is 29.6. The van der Waals surface area contributed by atoms with Crippen LogP contribution in [0.5, 0.6) is 23.0 Å². The molecule has 7 rings (SSSR count). The van der Waals surface area contributed by atoms with Crippen LogP contribution in [0.4, 0.5) is 0 Å². The highest BCUT2D eigenvalue weighted by Crippen LogP contribution is 2.38. The molecule has 0 aromatic heterocycles. The van der Waals surface area contributed by atoms with E-state index in [1.54, 1.807) is 0 Å². The van der Waals surface area contributed by atoms with E-state index in [4.69, 9.17) is 18.9 Å². The molecule has 0 atom stereocenters. The number of ether oxygens (including phenoxy) is 4. The predicted molar refractivity (Wildman–Crippen MR) is 230 cm³/mol. The number of phenolic OH excluding ortho intramolecular Hbond substituents is 2. The number of para-hydroxylation sites is 4. The summed E-state index contributed by atoms with van der Waals surface area (Å²) in [7, 11) is 0. The summed E-state index contributed by atoms with van der Waals surface area (Å²) in [5.41, 5.74) is 6.47. The number of hydrogen-bond donors (Lipinski definition) is 4. The molecule has 0 saturated carbocycles. The van der Waals surface area contributed by atoms with E-state index in [9.17, 15) is 19.8 Å². The number of carbonyl (C=O) groups is 2. The Bertz CT molecular complexity index is 1820. The molecule has 320 valence electrons. The van der Waals surface area contributed by atoms with E-state index in [0.29, 0.717) is 50.3 Å². The van der Waals surface area contributed by atoms with Gasteiger partial charge in [-0.3, -0.25) is 19.4 Å².